The number of hydrogen-bond donors (Lipinski definition) is 0. The molecule has 2 rings (SSSR count). The van der Waals surface area contributed by atoms with Crippen LogP contribution in [-0.4, -0.2) is 13.1 Å². The molecule has 0 bridgehead atoms. The third-order valence-electron chi connectivity index (χ3n) is 2.38. The maximum atomic E-state index is 11.3. The topological polar surface area (TPSA) is 50.1 Å². The van der Waals surface area contributed by atoms with E-state index in [0.29, 0.717) is 10.4 Å². The zero-order valence-electron chi connectivity index (χ0n) is 9.14. The summed E-state index contributed by atoms with van der Waals surface area (Å²) in [7, 11) is 1.35. The Morgan fingerprint density at radius 2 is 2.00 bits per heavy atom. The largest absolute Gasteiger partial charge is 0.465 e. The van der Waals surface area contributed by atoms with E-state index in [2.05, 4.69) is 10.8 Å². The summed E-state index contributed by atoms with van der Waals surface area (Å²) in [5.41, 5.74) is 2.33. The van der Waals surface area contributed by atoms with Gasteiger partial charge < -0.3 is 4.74 Å². The highest BCUT2D eigenvalue weighted by Gasteiger charge is 2.08. The molecule has 0 fully saturated rings. The van der Waals surface area contributed by atoms with E-state index < -0.39 is 0 Å². The molecule has 3 nitrogen and oxygen atoms in total. The zero-order valence-corrected chi connectivity index (χ0v) is 9.95. The molecule has 84 valence electrons. The van der Waals surface area contributed by atoms with Crippen LogP contribution in [-0.2, 0) is 4.74 Å². The van der Waals surface area contributed by atoms with Gasteiger partial charge in [0.05, 0.1) is 12.7 Å². The first-order valence-electron chi connectivity index (χ1n) is 4.92. The van der Waals surface area contributed by atoms with E-state index >= 15 is 0 Å². The Hall–Kier alpha value is -2.12. The average Bonchev–Trinajstić information content (AvgIpc) is 2.86. The molecule has 17 heavy (non-hydrogen) atoms. The van der Waals surface area contributed by atoms with Crippen molar-refractivity contribution in [1.82, 2.24) is 0 Å². The normalized spacial score (nSPS) is 9.65. The highest BCUT2D eigenvalue weighted by atomic mass is 32.1. The fraction of sp³-hybridized carbons (Fsp3) is 0.0769. The minimum absolute atomic E-state index is 0.359. The quantitative estimate of drug-likeness (QED) is 0.761. The minimum atomic E-state index is -0.359. The molecule has 0 unspecified atom stereocenters. The number of nitrogens with zero attached hydrogens (tertiary/aromatic N) is 1. The van der Waals surface area contributed by atoms with Crippen LogP contribution in [0.15, 0.2) is 35.7 Å². The van der Waals surface area contributed by atoms with Crippen LogP contribution in [0.2, 0.25) is 0 Å². The lowest BCUT2D eigenvalue weighted by Crippen LogP contribution is -2.00. The molecule has 1 heterocycles. The van der Waals surface area contributed by atoms with Gasteiger partial charge in [-0.1, -0.05) is 12.1 Å². The van der Waals surface area contributed by atoms with E-state index in [1.54, 1.807) is 12.1 Å². The molecule has 0 amide bonds. The van der Waals surface area contributed by atoms with Crippen molar-refractivity contribution < 1.29 is 9.53 Å². The lowest BCUT2D eigenvalue weighted by Gasteiger charge is -2.01. The molecule has 0 N–H and O–H groups in total. The van der Waals surface area contributed by atoms with Gasteiger partial charge in [-0.2, -0.15) is 5.26 Å². The van der Waals surface area contributed by atoms with Crippen LogP contribution < -0.4 is 0 Å². The van der Waals surface area contributed by atoms with Crippen LogP contribution >= 0.6 is 11.3 Å². The van der Waals surface area contributed by atoms with Crippen molar-refractivity contribution in [3.63, 3.8) is 0 Å². The summed E-state index contributed by atoms with van der Waals surface area (Å²) >= 11 is 1.41. The van der Waals surface area contributed by atoms with Crippen LogP contribution in [0.5, 0.6) is 0 Å². The number of carbonyl (C=O) groups is 1. The molecule has 0 saturated carbocycles. The Kier molecular flexibility index (Phi) is 3.22. The molecule has 0 atom stereocenters. The van der Waals surface area contributed by atoms with Crippen molar-refractivity contribution in [2.45, 2.75) is 0 Å². The van der Waals surface area contributed by atoms with Gasteiger partial charge in [0.1, 0.15) is 10.9 Å². The van der Waals surface area contributed by atoms with Crippen LogP contribution in [0.1, 0.15) is 15.2 Å². The predicted molar refractivity (Wildman–Crippen MR) is 65.8 cm³/mol. The Morgan fingerprint density at radius 1 is 1.29 bits per heavy atom. The molecule has 0 radical (unpaired) electrons. The number of ether oxygens (including phenoxy) is 1. The van der Waals surface area contributed by atoms with Crippen LogP contribution in [0.4, 0.5) is 0 Å². The predicted octanol–water partition coefficient (Wildman–Crippen LogP) is 3.07. The van der Waals surface area contributed by atoms with Gasteiger partial charge in [-0.15, -0.1) is 11.3 Å². The van der Waals surface area contributed by atoms with Gasteiger partial charge in [0.25, 0.3) is 0 Å². The summed E-state index contributed by atoms with van der Waals surface area (Å²) in [6.07, 6.45) is 0. The molecule has 1 aromatic heterocycles. The maximum Gasteiger partial charge on any atom is 0.337 e. The number of methoxy groups -OCH3 is 1. The van der Waals surface area contributed by atoms with E-state index in [-0.39, 0.29) is 5.97 Å². The summed E-state index contributed by atoms with van der Waals surface area (Å²) < 4.78 is 4.62. The highest BCUT2D eigenvalue weighted by molar-refractivity contribution is 7.11. The van der Waals surface area contributed by atoms with Crippen molar-refractivity contribution in [3.05, 3.63) is 46.2 Å². The number of hydrogen-bond acceptors (Lipinski definition) is 4. The van der Waals surface area contributed by atoms with E-state index in [1.807, 2.05) is 23.6 Å². The summed E-state index contributed by atoms with van der Waals surface area (Å²) in [5, 5.41) is 10.8. The van der Waals surface area contributed by atoms with Crippen molar-refractivity contribution in [3.8, 4) is 17.2 Å². The minimum Gasteiger partial charge on any atom is -0.465 e. The van der Waals surface area contributed by atoms with Gasteiger partial charge in [0.2, 0.25) is 0 Å². The molecule has 1 aromatic carbocycles. The van der Waals surface area contributed by atoms with Gasteiger partial charge in [-0.05, 0) is 29.1 Å². The Bertz CT molecular complexity index is 578. The monoisotopic (exact) mass is 243 g/mol. The summed E-state index contributed by atoms with van der Waals surface area (Å²) in [5.74, 6) is -0.359. The molecular formula is C13H9NO2S. The molecule has 4 heteroatoms. The van der Waals surface area contributed by atoms with Crippen molar-refractivity contribution in [1.29, 1.82) is 5.26 Å². The number of carbonyl (C=O) groups excluding carboxylic acids is 1. The first-order valence-corrected chi connectivity index (χ1v) is 5.80. The molecule has 0 saturated heterocycles. The number of benzene rings is 1. The second-order valence-electron chi connectivity index (χ2n) is 3.34. The summed E-state index contributed by atoms with van der Waals surface area (Å²) in [6, 6.07) is 11.1. The zero-order chi connectivity index (χ0) is 12.3. The van der Waals surface area contributed by atoms with E-state index in [0.717, 1.165) is 11.1 Å². The average molecular weight is 243 g/mol. The van der Waals surface area contributed by atoms with Gasteiger partial charge in [-0.25, -0.2) is 4.79 Å². The van der Waals surface area contributed by atoms with Gasteiger partial charge in [0.15, 0.2) is 0 Å². The van der Waals surface area contributed by atoms with Crippen molar-refractivity contribution >= 4 is 17.3 Å². The molecule has 0 spiro atoms. The lowest BCUT2D eigenvalue weighted by atomic mass is 10.1. The fourth-order valence-corrected chi connectivity index (χ4v) is 2.23. The lowest BCUT2D eigenvalue weighted by molar-refractivity contribution is 0.0601. The molecule has 2 aromatic rings. The molecule has 0 aliphatic heterocycles. The third-order valence-corrected chi connectivity index (χ3v) is 3.20. The molecule has 0 aliphatic carbocycles. The van der Waals surface area contributed by atoms with E-state index in [1.165, 1.54) is 18.4 Å². The van der Waals surface area contributed by atoms with E-state index in [9.17, 15) is 4.79 Å². The Balaban J connectivity index is 2.37. The second kappa shape index (κ2) is 4.81. The number of esters is 1. The van der Waals surface area contributed by atoms with Gasteiger partial charge in [-0.3, -0.25) is 0 Å². The summed E-state index contributed by atoms with van der Waals surface area (Å²) in [4.78, 5) is 11.9. The first-order chi connectivity index (χ1) is 8.26. The number of thiophene rings is 1. The van der Waals surface area contributed by atoms with Crippen molar-refractivity contribution in [2.24, 2.45) is 0 Å². The Morgan fingerprint density at radius 3 is 2.59 bits per heavy atom. The molecular weight excluding hydrogens is 234 g/mol. The maximum absolute atomic E-state index is 11.3. The Labute approximate surface area is 103 Å². The van der Waals surface area contributed by atoms with E-state index in [4.69, 9.17) is 5.26 Å². The standard InChI is InChI=1S/C13H9NO2S/c1-16-13(15)10-4-2-9(3-5-10)11-6-7-17-12(11)8-14/h2-7H,1H3. The number of nitriles is 1. The third kappa shape index (κ3) is 2.19. The number of rotatable bonds is 2. The van der Waals surface area contributed by atoms with Crippen LogP contribution in [0.3, 0.4) is 0 Å². The highest BCUT2D eigenvalue weighted by Crippen LogP contribution is 2.27. The van der Waals surface area contributed by atoms with Crippen LogP contribution in [0, 0.1) is 11.3 Å². The second-order valence-corrected chi connectivity index (χ2v) is 4.26. The van der Waals surface area contributed by atoms with Crippen LogP contribution in [0.25, 0.3) is 11.1 Å². The summed E-state index contributed by atoms with van der Waals surface area (Å²) in [6.45, 7) is 0. The fourth-order valence-electron chi connectivity index (χ4n) is 1.53. The first kappa shape index (κ1) is 11.4. The van der Waals surface area contributed by atoms with Gasteiger partial charge in [0, 0.05) is 5.56 Å². The molecule has 0 aliphatic rings. The smallest absolute Gasteiger partial charge is 0.337 e. The van der Waals surface area contributed by atoms with Crippen molar-refractivity contribution in [2.75, 3.05) is 7.11 Å². The van der Waals surface area contributed by atoms with Gasteiger partial charge >= 0.3 is 5.97 Å². The SMILES string of the molecule is COC(=O)c1ccc(-c2ccsc2C#N)cc1.